The molecule has 0 aromatic heterocycles. The summed E-state index contributed by atoms with van der Waals surface area (Å²) < 4.78 is 0. The molecule has 0 aliphatic heterocycles. The van der Waals surface area contributed by atoms with E-state index in [4.69, 9.17) is 11.6 Å². The van der Waals surface area contributed by atoms with Crippen LogP contribution in [0.25, 0.3) is 0 Å². The summed E-state index contributed by atoms with van der Waals surface area (Å²) >= 11 is 6.11. The summed E-state index contributed by atoms with van der Waals surface area (Å²) in [7, 11) is 0. The lowest BCUT2D eigenvalue weighted by Gasteiger charge is -2.20. The summed E-state index contributed by atoms with van der Waals surface area (Å²) in [6.07, 6.45) is 4.77. The SMILES string of the molecule is CCCCCN(CC)CCCNC(=O)c1ccc(C)cc1Cl. The van der Waals surface area contributed by atoms with Crippen molar-refractivity contribution < 1.29 is 4.79 Å². The van der Waals surface area contributed by atoms with Crippen LogP contribution in [-0.2, 0) is 0 Å². The van der Waals surface area contributed by atoms with Crippen LogP contribution in [0.1, 0.15) is 55.5 Å². The van der Waals surface area contributed by atoms with Crippen molar-refractivity contribution >= 4 is 17.5 Å². The molecule has 0 saturated carbocycles. The molecule has 0 heterocycles. The van der Waals surface area contributed by atoms with Crippen LogP contribution in [0.2, 0.25) is 5.02 Å². The average molecular weight is 325 g/mol. The van der Waals surface area contributed by atoms with Gasteiger partial charge < -0.3 is 10.2 Å². The molecule has 0 bridgehead atoms. The number of nitrogens with zero attached hydrogens (tertiary/aromatic N) is 1. The van der Waals surface area contributed by atoms with Crippen LogP contribution in [0.5, 0.6) is 0 Å². The molecule has 1 rings (SSSR count). The Morgan fingerprint density at radius 2 is 1.91 bits per heavy atom. The molecular weight excluding hydrogens is 296 g/mol. The Balaban J connectivity index is 2.29. The van der Waals surface area contributed by atoms with Crippen LogP contribution in [-0.4, -0.2) is 37.0 Å². The Morgan fingerprint density at radius 3 is 2.55 bits per heavy atom. The zero-order chi connectivity index (χ0) is 16.4. The van der Waals surface area contributed by atoms with Gasteiger partial charge in [-0.05, 0) is 57.1 Å². The highest BCUT2D eigenvalue weighted by Crippen LogP contribution is 2.17. The number of amides is 1. The van der Waals surface area contributed by atoms with E-state index < -0.39 is 0 Å². The predicted molar refractivity (Wildman–Crippen MR) is 94.8 cm³/mol. The van der Waals surface area contributed by atoms with E-state index in [1.807, 2.05) is 19.1 Å². The van der Waals surface area contributed by atoms with Gasteiger partial charge in [-0.15, -0.1) is 0 Å². The van der Waals surface area contributed by atoms with Crippen molar-refractivity contribution in [2.75, 3.05) is 26.2 Å². The quantitative estimate of drug-likeness (QED) is 0.651. The van der Waals surface area contributed by atoms with Gasteiger partial charge in [-0.2, -0.15) is 0 Å². The van der Waals surface area contributed by atoms with Crippen molar-refractivity contribution in [3.63, 3.8) is 0 Å². The molecule has 3 nitrogen and oxygen atoms in total. The fourth-order valence-corrected chi connectivity index (χ4v) is 2.74. The van der Waals surface area contributed by atoms with Gasteiger partial charge in [-0.25, -0.2) is 0 Å². The van der Waals surface area contributed by atoms with E-state index in [0.29, 0.717) is 17.1 Å². The van der Waals surface area contributed by atoms with Crippen molar-refractivity contribution in [2.45, 2.75) is 46.5 Å². The second-order valence-corrected chi connectivity index (χ2v) is 6.14. The number of aryl methyl sites for hydroxylation is 1. The van der Waals surface area contributed by atoms with Crippen LogP contribution in [0, 0.1) is 6.92 Å². The minimum Gasteiger partial charge on any atom is -0.352 e. The first-order valence-corrected chi connectivity index (χ1v) is 8.73. The smallest absolute Gasteiger partial charge is 0.252 e. The van der Waals surface area contributed by atoms with E-state index in [0.717, 1.165) is 31.6 Å². The van der Waals surface area contributed by atoms with Gasteiger partial charge in [0.15, 0.2) is 0 Å². The first kappa shape index (κ1) is 19.0. The first-order chi connectivity index (χ1) is 10.6. The maximum absolute atomic E-state index is 12.1. The fraction of sp³-hybridized carbons (Fsp3) is 0.611. The van der Waals surface area contributed by atoms with Crippen LogP contribution >= 0.6 is 11.6 Å². The van der Waals surface area contributed by atoms with E-state index in [9.17, 15) is 4.79 Å². The van der Waals surface area contributed by atoms with Gasteiger partial charge in [0.05, 0.1) is 10.6 Å². The van der Waals surface area contributed by atoms with Crippen molar-refractivity contribution in [1.82, 2.24) is 10.2 Å². The Hall–Kier alpha value is -1.06. The molecule has 0 aliphatic rings. The third kappa shape index (κ3) is 6.80. The maximum atomic E-state index is 12.1. The molecular formula is C18H29ClN2O. The van der Waals surface area contributed by atoms with E-state index in [-0.39, 0.29) is 5.91 Å². The number of rotatable bonds is 10. The van der Waals surface area contributed by atoms with Gasteiger partial charge in [-0.3, -0.25) is 4.79 Å². The molecule has 0 spiro atoms. The van der Waals surface area contributed by atoms with Crippen molar-refractivity contribution in [3.8, 4) is 0 Å². The summed E-state index contributed by atoms with van der Waals surface area (Å²) in [5.41, 5.74) is 1.62. The number of hydrogen-bond donors (Lipinski definition) is 1. The standard InChI is InChI=1S/C18H29ClN2O/c1-4-6-7-12-21(5-2)13-8-11-20-18(22)16-10-9-15(3)14-17(16)19/h9-10,14H,4-8,11-13H2,1-3H3,(H,20,22). The number of nitrogens with one attached hydrogen (secondary N) is 1. The van der Waals surface area contributed by atoms with Crippen molar-refractivity contribution in [3.05, 3.63) is 34.3 Å². The lowest BCUT2D eigenvalue weighted by molar-refractivity contribution is 0.0952. The summed E-state index contributed by atoms with van der Waals surface area (Å²) in [5.74, 6) is -0.0842. The molecule has 0 fully saturated rings. The molecule has 124 valence electrons. The highest BCUT2D eigenvalue weighted by atomic mass is 35.5. The second-order valence-electron chi connectivity index (χ2n) is 5.73. The van der Waals surface area contributed by atoms with E-state index >= 15 is 0 Å². The van der Waals surface area contributed by atoms with Crippen molar-refractivity contribution in [2.24, 2.45) is 0 Å². The normalized spacial score (nSPS) is 11.0. The Labute approximate surface area is 140 Å². The topological polar surface area (TPSA) is 32.3 Å². The largest absolute Gasteiger partial charge is 0.352 e. The number of carbonyl (C=O) groups is 1. The number of hydrogen-bond acceptors (Lipinski definition) is 2. The number of halogens is 1. The zero-order valence-electron chi connectivity index (χ0n) is 14.1. The van der Waals surface area contributed by atoms with Gasteiger partial charge in [0.1, 0.15) is 0 Å². The summed E-state index contributed by atoms with van der Waals surface area (Å²) in [6, 6.07) is 5.52. The molecule has 1 N–H and O–H groups in total. The average Bonchev–Trinajstić information content (AvgIpc) is 2.49. The third-order valence-corrected chi connectivity index (χ3v) is 4.14. The molecule has 0 radical (unpaired) electrons. The van der Waals surface area contributed by atoms with Crippen LogP contribution in [0.15, 0.2) is 18.2 Å². The molecule has 0 saturated heterocycles. The highest BCUT2D eigenvalue weighted by molar-refractivity contribution is 6.33. The van der Waals surface area contributed by atoms with Crippen LogP contribution < -0.4 is 5.32 Å². The zero-order valence-corrected chi connectivity index (χ0v) is 14.9. The monoisotopic (exact) mass is 324 g/mol. The first-order valence-electron chi connectivity index (χ1n) is 8.35. The van der Waals surface area contributed by atoms with E-state index in [1.54, 1.807) is 6.07 Å². The van der Waals surface area contributed by atoms with Gasteiger partial charge >= 0.3 is 0 Å². The molecule has 0 atom stereocenters. The molecule has 1 amide bonds. The Morgan fingerprint density at radius 1 is 1.18 bits per heavy atom. The summed E-state index contributed by atoms with van der Waals surface area (Å²) in [6.45, 7) is 10.3. The lowest BCUT2D eigenvalue weighted by atomic mass is 10.1. The van der Waals surface area contributed by atoms with Crippen molar-refractivity contribution in [1.29, 1.82) is 0 Å². The molecule has 1 aromatic rings. The number of carbonyl (C=O) groups excluding carboxylic acids is 1. The van der Waals surface area contributed by atoms with Gasteiger partial charge in [0.2, 0.25) is 0 Å². The molecule has 1 aromatic carbocycles. The Bertz CT molecular complexity index is 462. The minimum atomic E-state index is -0.0842. The highest BCUT2D eigenvalue weighted by Gasteiger charge is 2.09. The summed E-state index contributed by atoms with van der Waals surface area (Å²) in [5, 5.41) is 3.48. The maximum Gasteiger partial charge on any atom is 0.252 e. The lowest BCUT2D eigenvalue weighted by Crippen LogP contribution is -2.30. The molecule has 4 heteroatoms. The second kappa shape index (κ2) is 10.6. The van der Waals surface area contributed by atoms with E-state index in [1.165, 1.54) is 19.3 Å². The Kier molecular flexibility index (Phi) is 9.17. The molecule has 22 heavy (non-hydrogen) atoms. The number of benzene rings is 1. The van der Waals surface area contributed by atoms with Crippen LogP contribution in [0.3, 0.4) is 0 Å². The van der Waals surface area contributed by atoms with E-state index in [2.05, 4.69) is 24.1 Å². The molecule has 0 aliphatic carbocycles. The minimum absolute atomic E-state index is 0.0842. The summed E-state index contributed by atoms with van der Waals surface area (Å²) in [4.78, 5) is 14.5. The van der Waals surface area contributed by atoms with Gasteiger partial charge in [0.25, 0.3) is 5.91 Å². The third-order valence-electron chi connectivity index (χ3n) is 3.83. The number of unbranched alkanes of at least 4 members (excludes halogenated alkanes) is 2. The predicted octanol–water partition coefficient (Wildman–Crippen LogP) is 4.28. The van der Waals surface area contributed by atoms with Gasteiger partial charge in [-0.1, -0.05) is 44.4 Å². The molecule has 0 unspecified atom stereocenters. The van der Waals surface area contributed by atoms with Crippen LogP contribution in [0.4, 0.5) is 0 Å². The van der Waals surface area contributed by atoms with Gasteiger partial charge in [0, 0.05) is 6.54 Å². The fourth-order valence-electron chi connectivity index (χ4n) is 2.42.